The first kappa shape index (κ1) is 8.21. The second-order valence-corrected chi connectivity index (χ2v) is 4.52. The Hall–Kier alpha value is -1.12. The molecule has 0 radical (unpaired) electrons. The van der Waals surface area contributed by atoms with Crippen molar-refractivity contribution in [3.05, 3.63) is 28.4 Å². The number of rotatable bonds is 3. The molecule has 2 aliphatic rings. The van der Waals surface area contributed by atoms with Crippen molar-refractivity contribution in [1.29, 1.82) is 0 Å². The van der Waals surface area contributed by atoms with Gasteiger partial charge in [0.2, 0.25) is 0 Å². The summed E-state index contributed by atoms with van der Waals surface area (Å²) in [7, 11) is 0. The van der Waals surface area contributed by atoms with Crippen molar-refractivity contribution >= 4 is 0 Å². The van der Waals surface area contributed by atoms with Gasteiger partial charge in [0.05, 0.1) is 12.0 Å². The van der Waals surface area contributed by atoms with Crippen molar-refractivity contribution in [2.24, 2.45) is 5.92 Å². The molecule has 2 fully saturated rings. The lowest BCUT2D eigenvalue weighted by Crippen LogP contribution is -2.21. The van der Waals surface area contributed by atoms with E-state index in [9.17, 15) is 4.79 Å². The van der Waals surface area contributed by atoms with Gasteiger partial charge in [-0.25, -0.2) is 4.98 Å². The van der Waals surface area contributed by atoms with Crippen LogP contribution in [0.1, 0.15) is 37.3 Å². The maximum absolute atomic E-state index is 11.7. The van der Waals surface area contributed by atoms with Gasteiger partial charge in [0.25, 0.3) is 5.56 Å². The molecule has 0 saturated heterocycles. The quantitative estimate of drug-likeness (QED) is 0.724. The van der Waals surface area contributed by atoms with Crippen LogP contribution in [0.15, 0.2) is 17.2 Å². The average molecular weight is 190 g/mol. The SMILES string of the molecule is O=c1cc(C2CC2)ncn1CC1CC1. The van der Waals surface area contributed by atoms with E-state index in [4.69, 9.17) is 0 Å². The normalized spacial score (nSPS) is 21.1. The summed E-state index contributed by atoms with van der Waals surface area (Å²) in [6.45, 7) is 0.872. The minimum absolute atomic E-state index is 0.133. The lowest BCUT2D eigenvalue weighted by atomic mass is 10.3. The standard InChI is InChI=1S/C11H14N2O/c14-11-5-10(9-3-4-9)12-7-13(11)6-8-1-2-8/h5,7-9H,1-4,6H2. The van der Waals surface area contributed by atoms with Gasteiger partial charge in [0.1, 0.15) is 0 Å². The average Bonchev–Trinajstić information content (AvgIpc) is 3.02. The monoisotopic (exact) mass is 190 g/mol. The fourth-order valence-electron chi connectivity index (χ4n) is 1.76. The lowest BCUT2D eigenvalue weighted by molar-refractivity contribution is 0.592. The van der Waals surface area contributed by atoms with E-state index >= 15 is 0 Å². The van der Waals surface area contributed by atoms with Crippen molar-refractivity contribution in [2.45, 2.75) is 38.1 Å². The zero-order valence-electron chi connectivity index (χ0n) is 8.15. The first-order valence-corrected chi connectivity index (χ1v) is 5.39. The molecule has 14 heavy (non-hydrogen) atoms. The van der Waals surface area contributed by atoms with Gasteiger partial charge >= 0.3 is 0 Å². The number of nitrogens with zero attached hydrogens (tertiary/aromatic N) is 2. The summed E-state index contributed by atoms with van der Waals surface area (Å²) in [6.07, 6.45) is 6.69. The molecule has 0 atom stereocenters. The maximum Gasteiger partial charge on any atom is 0.253 e. The zero-order valence-corrected chi connectivity index (χ0v) is 8.15. The van der Waals surface area contributed by atoms with E-state index in [0.29, 0.717) is 5.92 Å². The molecule has 0 N–H and O–H groups in total. The number of hydrogen-bond acceptors (Lipinski definition) is 2. The first-order chi connectivity index (χ1) is 6.83. The van der Waals surface area contributed by atoms with Crippen LogP contribution < -0.4 is 5.56 Å². The zero-order chi connectivity index (χ0) is 9.54. The molecule has 0 aromatic carbocycles. The van der Waals surface area contributed by atoms with Crippen LogP contribution in [-0.2, 0) is 6.54 Å². The third-order valence-corrected chi connectivity index (χ3v) is 3.05. The van der Waals surface area contributed by atoms with Crippen LogP contribution in [0.3, 0.4) is 0 Å². The van der Waals surface area contributed by atoms with Crippen LogP contribution in [0.2, 0.25) is 0 Å². The lowest BCUT2D eigenvalue weighted by Gasteiger charge is -2.04. The van der Waals surface area contributed by atoms with Gasteiger partial charge in [-0.3, -0.25) is 9.36 Å². The van der Waals surface area contributed by atoms with Gasteiger partial charge in [-0.05, 0) is 31.6 Å². The largest absolute Gasteiger partial charge is 0.299 e. The van der Waals surface area contributed by atoms with Crippen molar-refractivity contribution in [3.8, 4) is 0 Å². The molecule has 0 unspecified atom stereocenters. The van der Waals surface area contributed by atoms with E-state index in [1.165, 1.54) is 25.7 Å². The highest BCUT2D eigenvalue weighted by atomic mass is 16.1. The topological polar surface area (TPSA) is 34.9 Å². The highest BCUT2D eigenvalue weighted by Gasteiger charge is 2.26. The molecule has 0 bridgehead atoms. The van der Waals surface area contributed by atoms with E-state index in [0.717, 1.165) is 18.2 Å². The van der Waals surface area contributed by atoms with Crippen LogP contribution in [-0.4, -0.2) is 9.55 Å². The molecule has 3 rings (SSSR count). The molecule has 1 aromatic heterocycles. The maximum atomic E-state index is 11.7. The Balaban J connectivity index is 1.85. The summed E-state index contributed by atoms with van der Waals surface area (Å²) in [6, 6.07) is 1.72. The molecule has 0 aliphatic heterocycles. The molecule has 2 aliphatic carbocycles. The van der Waals surface area contributed by atoms with Crippen LogP contribution in [0.5, 0.6) is 0 Å². The summed E-state index contributed by atoms with van der Waals surface area (Å²) >= 11 is 0. The molecule has 2 saturated carbocycles. The van der Waals surface area contributed by atoms with E-state index < -0.39 is 0 Å². The first-order valence-electron chi connectivity index (χ1n) is 5.39. The van der Waals surface area contributed by atoms with Crippen molar-refractivity contribution in [1.82, 2.24) is 9.55 Å². The van der Waals surface area contributed by atoms with E-state index in [1.807, 2.05) is 0 Å². The van der Waals surface area contributed by atoms with Crippen LogP contribution in [0, 0.1) is 5.92 Å². The van der Waals surface area contributed by atoms with Gasteiger partial charge in [0, 0.05) is 18.5 Å². The molecule has 74 valence electrons. The summed E-state index contributed by atoms with van der Waals surface area (Å²) < 4.78 is 1.75. The summed E-state index contributed by atoms with van der Waals surface area (Å²) in [4.78, 5) is 16.0. The van der Waals surface area contributed by atoms with Gasteiger partial charge in [-0.15, -0.1) is 0 Å². The molecule has 1 aromatic rings. The number of aromatic nitrogens is 2. The summed E-state index contributed by atoms with van der Waals surface area (Å²) in [5, 5.41) is 0. The third-order valence-electron chi connectivity index (χ3n) is 3.05. The van der Waals surface area contributed by atoms with Crippen molar-refractivity contribution in [2.75, 3.05) is 0 Å². The highest BCUT2D eigenvalue weighted by molar-refractivity contribution is 5.12. The van der Waals surface area contributed by atoms with Gasteiger partial charge < -0.3 is 0 Å². The molecule has 1 heterocycles. The summed E-state index contributed by atoms with van der Waals surface area (Å²) in [5.74, 6) is 1.32. The Bertz CT molecular complexity index is 402. The Morgan fingerprint density at radius 1 is 1.36 bits per heavy atom. The fourth-order valence-corrected chi connectivity index (χ4v) is 1.76. The van der Waals surface area contributed by atoms with Crippen LogP contribution in [0.25, 0.3) is 0 Å². The van der Waals surface area contributed by atoms with E-state index in [2.05, 4.69) is 4.98 Å². The fraction of sp³-hybridized carbons (Fsp3) is 0.636. The minimum Gasteiger partial charge on any atom is -0.299 e. The molecular formula is C11H14N2O. The molecule has 0 amide bonds. The van der Waals surface area contributed by atoms with E-state index in [1.54, 1.807) is 17.0 Å². The molecule has 0 spiro atoms. The predicted octanol–water partition coefficient (Wildman–Crippen LogP) is 1.53. The molecule has 3 heteroatoms. The van der Waals surface area contributed by atoms with E-state index in [-0.39, 0.29) is 5.56 Å². The smallest absolute Gasteiger partial charge is 0.253 e. The highest BCUT2D eigenvalue weighted by Crippen LogP contribution is 2.38. The molecule has 3 nitrogen and oxygen atoms in total. The Morgan fingerprint density at radius 3 is 2.71 bits per heavy atom. The minimum atomic E-state index is 0.133. The van der Waals surface area contributed by atoms with Crippen LogP contribution in [0.4, 0.5) is 0 Å². The van der Waals surface area contributed by atoms with Gasteiger partial charge in [-0.1, -0.05) is 0 Å². The second kappa shape index (κ2) is 2.94. The Morgan fingerprint density at radius 2 is 2.14 bits per heavy atom. The van der Waals surface area contributed by atoms with Crippen molar-refractivity contribution < 1.29 is 0 Å². The van der Waals surface area contributed by atoms with Crippen molar-refractivity contribution in [3.63, 3.8) is 0 Å². The Kier molecular flexibility index (Phi) is 1.72. The van der Waals surface area contributed by atoms with Crippen LogP contribution >= 0.6 is 0 Å². The molecular weight excluding hydrogens is 176 g/mol. The van der Waals surface area contributed by atoms with Gasteiger partial charge in [-0.2, -0.15) is 0 Å². The Labute approximate surface area is 82.8 Å². The van der Waals surface area contributed by atoms with Gasteiger partial charge in [0.15, 0.2) is 0 Å². The second-order valence-electron chi connectivity index (χ2n) is 4.52. The summed E-state index contributed by atoms with van der Waals surface area (Å²) in [5.41, 5.74) is 1.14. The predicted molar refractivity (Wildman–Crippen MR) is 53.2 cm³/mol. The third kappa shape index (κ3) is 1.59. The number of hydrogen-bond donors (Lipinski definition) is 0.